The van der Waals surface area contributed by atoms with Crippen LogP contribution in [0.15, 0.2) is 48.8 Å². The molecule has 1 unspecified atom stereocenters. The molecular weight excluding hydrogens is 386 g/mol. The Bertz CT molecular complexity index is 942. The highest BCUT2D eigenvalue weighted by Crippen LogP contribution is 2.59. The lowest BCUT2D eigenvalue weighted by Crippen LogP contribution is -2.67. The highest BCUT2D eigenvalue weighted by molar-refractivity contribution is 5.94. The number of nitrogens with zero attached hydrogens (tertiary/aromatic N) is 3. The Morgan fingerprint density at radius 2 is 1.61 bits per heavy atom. The number of pyridine rings is 1. The van der Waals surface area contributed by atoms with Crippen molar-refractivity contribution in [3.63, 3.8) is 0 Å². The van der Waals surface area contributed by atoms with E-state index in [4.69, 9.17) is 0 Å². The van der Waals surface area contributed by atoms with E-state index in [1.807, 2.05) is 48.5 Å². The number of carbonyl (C=O) groups is 2. The summed E-state index contributed by atoms with van der Waals surface area (Å²) in [6.45, 7) is 3.44. The van der Waals surface area contributed by atoms with Gasteiger partial charge in [-0.05, 0) is 62.4 Å². The molecule has 0 radical (unpaired) electrons. The van der Waals surface area contributed by atoms with Crippen molar-refractivity contribution in [3.8, 4) is 0 Å². The maximum absolute atomic E-state index is 13.5. The molecule has 5 rings (SSSR count). The Kier molecular flexibility index (Phi) is 5.28. The van der Waals surface area contributed by atoms with E-state index in [1.165, 1.54) is 12.0 Å². The Hall–Kier alpha value is -2.69. The summed E-state index contributed by atoms with van der Waals surface area (Å²) in [6.07, 6.45) is 10.9. The summed E-state index contributed by atoms with van der Waals surface area (Å²) in [7, 11) is 0. The first-order chi connectivity index (χ1) is 15.1. The van der Waals surface area contributed by atoms with E-state index < -0.39 is 0 Å². The number of likely N-dealkylation sites (tertiary alicyclic amines) is 2. The van der Waals surface area contributed by atoms with Crippen LogP contribution in [-0.2, 0) is 4.79 Å². The molecule has 2 saturated heterocycles. The summed E-state index contributed by atoms with van der Waals surface area (Å²) >= 11 is 0. The Morgan fingerprint density at radius 1 is 0.968 bits per heavy atom. The summed E-state index contributed by atoms with van der Waals surface area (Å²) in [5.74, 6) is 0.445. The number of hydrogen-bond acceptors (Lipinski definition) is 3. The van der Waals surface area contributed by atoms with Gasteiger partial charge in [-0.25, -0.2) is 0 Å². The molecule has 5 nitrogen and oxygen atoms in total. The molecule has 1 aromatic carbocycles. The van der Waals surface area contributed by atoms with Gasteiger partial charge in [-0.3, -0.25) is 14.6 Å². The van der Waals surface area contributed by atoms with Crippen LogP contribution >= 0.6 is 0 Å². The molecule has 1 atom stereocenters. The zero-order chi connectivity index (χ0) is 21.4. The van der Waals surface area contributed by atoms with Gasteiger partial charge in [0.2, 0.25) is 5.91 Å². The van der Waals surface area contributed by atoms with Gasteiger partial charge in [0.05, 0.1) is 11.5 Å². The first-order valence-corrected chi connectivity index (χ1v) is 11.7. The number of β-lactam (4-membered cyclic amide) rings is 1. The Labute approximate surface area is 184 Å². The fraction of sp³-hybridized carbons (Fsp3) is 0.500. The SMILES string of the molecule is Cc1ccc(C(=O)N2CCC(N3C(=O)C4(CCCCC4)C3c3ccncc3)CC2)cc1. The normalized spacial score (nSPS) is 23.6. The lowest BCUT2D eigenvalue weighted by atomic mass is 9.59. The van der Waals surface area contributed by atoms with E-state index in [0.717, 1.165) is 49.7 Å². The molecule has 1 aliphatic carbocycles. The number of carbonyl (C=O) groups excluding carboxylic acids is 2. The molecule has 0 N–H and O–H groups in total. The summed E-state index contributed by atoms with van der Waals surface area (Å²) in [4.78, 5) is 34.7. The third kappa shape index (κ3) is 3.44. The van der Waals surface area contributed by atoms with Crippen molar-refractivity contribution < 1.29 is 9.59 Å². The molecular formula is C26H31N3O2. The second kappa shape index (κ2) is 8.10. The zero-order valence-corrected chi connectivity index (χ0v) is 18.3. The van der Waals surface area contributed by atoms with Gasteiger partial charge < -0.3 is 9.80 Å². The van der Waals surface area contributed by atoms with Crippen molar-refractivity contribution in [3.05, 3.63) is 65.5 Å². The molecule has 162 valence electrons. The molecule has 3 heterocycles. The van der Waals surface area contributed by atoms with Crippen molar-refractivity contribution >= 4 is 11.8 Å². The number of piperidine rings is 1. The maximum Gasteiger partial charge on any atom is 0.253 e. The smallest absolute Gasteiger partial charge is 0.253 e. The van der Waals surface area contributed by atoms with Gasteiger partial charge in [0, 0.05) is 37.1 Å². The third-order valence-corrected chi connectivity index (χ3v) is 7.67. The molecule has 0 bridgehead atoms. The molecule has 2 aromatic rings. The minimum Gasteiger partial charge on any atom is -0.338 e. The van der Waals surface area contributed by atoms with Crippen molar-refractivity contribution in [2.24, 2.45) is 5.41 Å². The Morgan fingerprint density at radius 3 is 2.26 bits per heavy atom. The van der Waals surface area contributed by atoms with E-state index in [2.05, 4.69) is 22.0 Å². The molecule has 1 aromatic heterocycles. The van der Waals surface area contributed by atoms with E-state index in [-0.39, 0.29) is 23.4 Å². The second-order valence-electron chi connectivity index (χ2n) is 9.50. The number of rotatable bonds is 3. The van der Waals surface area contributed by atoms with E-state index in [0.29, 0.717) is 19.0 Å². The molecule has 5 heteroatoms. The number of aromatic nitrogens is 1. The molecule has 3 aliphatic rings. The predicted octanol–water partition coefficient (Wildman–Crippen LogP) is 4.53. The maximum atomic E-state index is 13.5. The van der Waals surface area contributed by atoms with E-state index in [9.17, 15) is 9.59 Å². The predicted molar refractivity (Wildman–Crippen MR) is 119 cm³/mol. The van der Waals surface area contributed by atoms with Crippen molar-refractivity contribution in [1.29, 1.82) is 0 Å². The lowest BCUT2D eigenvalue weighted by Gasteiger charge is -2.61. The van der Waals surface area contributed by atoms with Gasteiger partial charge in [-0.1, -0.05) is 37.0 Å². The van der Waals surface area contributed by atoms with Crippen LogP contribution in [0.3, 0.4) is 0 Å². The van der Waals surface area contributed by atoms with Gasteiger partial charge >= 0.3 is 0 Å². The van der Waals surface area contributed by atoms with E-state index in [1.54, 1.807) is 0 Å². The van der Waals surface area contributed by atoms with Gasteiger partial charge in [-0.2, -0.15) is 0 Å². The van der Waals surface area contributed by atoms with E-state index >= 15 is 0 Å². The molecule has 2 aliphatic heterocycles. The van der Waals surface area contributed by atoms with Crippen molar-refractivity contribution in [1.82, 2.24) is 14.8 Å². The van der Waals surface area contributed by atoms with Crippen molar-refractivity contribution in [2.75, 3.05) is 13.1 Å². The highest BCUT2D eigenvalue weighted by Gasteiger charge is 2.62. The minimum atomic E-state index is -0.214. The minimum absolute atomic E-state index is 0.0998. The average Bonchev–Trinajstić information content (AvgIpc) is 2.83. The fourth-order valence-electron chi connectivity index (χ4n) is 5.99. The van der Waals surface area contributed by atoms with Crippen LogP contribution in [0.4, 0.5) is 0 Å². The van der Waals surface area contributed by atoms with Crippen LogP contribution in [-0.4, -0.2) is 45.7 Å². The number of amides is 2. The Balaban J connectivity index is 1.31. The topological polar surface area (TPSA) is 53.5 Å². The van der Waals surface area contributed by atoms with Gasteiger partial charge in [0.25, 0.3) is 5.91 Å². The standard InChI is InChI=1S/C26H31N3O2/c1-19-5-7-21(8-6-19)24(30)28-17-11-22(12-18-28)29-23(20-9-15-27-16-10-20)26(25(29)31)13-3-2-4-14-26/h5-10,15-16,22-23H,2-4,11-14,17-18H2,1H3. The van der Waals surface area contributed by atoms with Crippen LogP contribution in [0.2, 0.25) is 0 Å². The molecule has 3 fully saturated rings. The third-order valence-electron chi connectivity index (χ3n) is 7.67. The summed E-state index contributed by atoms with van der Waals surface area (Å²) in [6, 6.07) is 12.3. The molecule has 1 saturated carbocycles. The lowest BCUT2D eigenvalue weighted by molar-refractivity contribution is -0.186. The van der Waals surface area contributed by atoms with Crippen LogP contribution in [0.1, 0.15) is 72.5 Å². The first kappa shape index (κ1) is 20.2. The monoisotopic (exact) mass is 417 g/mol. The van der Waals surface area contributed by atoms with Crippen LogP contribution in [0.5, 0.6) is 0 Å². The van der Waals surface area contributed by atoms with Crippen LogP contribution in [0, 0.1) is 12.3 Å². The summed E-state index contributed by atoms with van der Waals surface area (Å²) in [5.41, 5.74) is 2.91. The second-order valence-corrected chi connectivity index (χ2v) is 9.50. The van der Waals surface area contributed by atoms with Crippen LogP contribution in [0.25, 0.3) is 0 Å². The summed E-state index contributed by atoms with van der Waals surface area (Å²) < 4.78 is 0. The quantitative estimate of drug-likeness (QED) is 0.690. The van der Waals surface area contributed by atoms with Gasteiger partial charge in [0.1, 0.15) is 0 Å². The van der Waals surface area contributed by atoms with Crippen LogP contribution < -0.4 is 0 Å². The van der Waals surface area contributed by atoms with Gasteiger partial charge in [0.15, 0.2) is 0 Å². The largest absolute Gasteiger partial charge is 0.338 e. The number of hydrogen-bond donors (Lipinski definition) is 0. The number of aryl methyl sites for hydroxylation is 1. The van der Waals surface area contributed by atoms with Crippen molar-refractivity contribution in [2.45, 2.75) is 64.0 Å². The fourth-order valence-corrected chi connectivity index (χ4v) is 5.99. The molecule has 31 heavy (non-hydrogen) atoms. The average molecular weight is 418 g/mol. The highest BCUT2D eigenvalue weighted by atomic mass is 16.2. The van der Waals surface area contributed by atoms with Gasteiger partial charge in [-0.15, -0.1) is 0 Å². The number of benzene rings is 1. The molecule has 1 spiro atoms. The zero-order valence-electron chi connectivity index (χ0n) is 18.3. The summed E-state index contributed by atoms with van der Waals surface area (Å²) in [5, 5.41) is 0. The first-order valence-electron chi connectivity index (χ1n) is 11.7. The molecule has 2 amide bonds.